The second-order valence-electron chi connectivity index (χ2n) is 6.27. The van der Waals surface area contributed by atoms with Crippen LogP contribution in [0.4, 0.5) is 5.82 Å². The standard InChI is InChI=1S/C17H28N4O/c1-5-6-7-13(2)17(22)21-10-8-20(9-11-21)16-12-14(3)18-15(4)19-16/h12-13H,5-11H2,1-4H3/t13-/m0/s1. The summed E-state index contributed by atoms with van der Waals surface area (Å²) in [7, 11) is 0. The summed E-state index contributed by atoms with van der Waals surface area (Å²) in [5, 5.41) is 0. The Labute approximate surface area is 133 Å². The first-order valence-electron chi connectivity index (χ1n) is 8.37. The lowest BCUT2D eigenvalue weighted by molar-refractivity contribution is -0.135. The molecule has 0 spiro atoms. The van der Waals surface area contributed by atoms with Gasteiger partial charge in [0.25, 0.3) is 0 Å². The fourth-order valence-corrected chi connectivity index (χ4v) is 2.96. The highest BCUT2D eigenvalue weighted by molar-refractivity contribution is 5.78. The first kappa shape index (κ1) is 16.7. The number of amides is 1. The van der Waals surface area contributed by atoms with Crippen LogP contribution in [0.1, 0.15) is 44.6 Å². The van der Waals surface area contributed by atoms with Gasteiger partial charge >= 0.3 is 0 Å². The molecule has 1 saturated heterocycles. The summed E-state index contributed by atoms with van der Waals surface area (Å²) in [6.07, 6.45) is 3.28. The van der Waals surface area contributed by atoms with E-state index in [4.69, 9.17) is 0 Å². The monoisotopic (exact) mass is 304 g/mol. The summed E-state index contributed by atoms with van der Waals surface area (Å²) >= 11 is 0. The van der Waals surface area contributed by atoms with Gasteiger partial charge in [-0.2, -0.15) is 0 Å². The van der Waals surface area contributed by atoms with Gasteiger partial charge < -0.3 is 9.80 Å². The van der Waals surface area contributed by atoms with Gasteiger partial charge in [0.2, 0.25) is 5.91 Å². The third-order valence-corrected chi connectivity index (χ3v) is 4.28. The van der Waals surface area contributed by atoms with Gasteiger partial charge in [0.15, 0.2) is 0 Å². The van der Waals surface area contributed by atoms with Gasteiger partial charge in [0, 0.05) is 43.9 Å². The van der Waals surface area contributed by atoms with Crippen molar-refractivity contribution in [3.05, 3.63) is 17.6 Å². The van der Waals surface area contributed by atoms with Crippen LogP contribution in [0, 0.1) is 19.8 Å². The topological polar surface area (TPSA) is 49.3 Å². The van der Waals surface area contributed by atoms with Crippen molar-refractivity contribution in [1.82, 2.24) is 14.9 Å². The van der Waals surface area contributed by atoms with Crippen molar-refractivity contribution < 1.29 is 4.79 Å². The number of rotatable bonds is 5. The molecule has 0 saturated carbocycles. The maximum Gasteiger partial charge on any atom is 0.225 e. The first-order valence-corrected chi connectivity index (χ1v) is 8.37. The van der Waals surface area contributed by atoms with Gasteiger partial charge in [-0.1, -0.05) is 26.7 Å². The SMILES string of the molecule is CCCC[C@H](C)C(=O)N1CCN(c2cc(C)nc(C)n2)CC1. The quantitative estimate of drug-likeness (QED) is 0.839. The number of anilines is 1. The molecule has 122 valence electrons. The molecule has 1 aliphatic heterocycles. The normalized spacial score (nSPS) is 16.7. The molecule has 1 aromatic heterocycles. The number of carbonyl (C=O) groups excluding carboxylic acids is 1. The smallest absolute Gasteiger partial charge is 0.225 e. The van der Waals surface area contributed by atoms with Crippen LogP contribution < -0.4 is 4.90 Å². The zero-order chi connectivity index (χ0) is 16.1. The van der Waals surface area contributed by atoms with Crippen LogP contribution in [0.5, 0.6) is 0 Å². The Bertz CT molecular complexity index is 489. The van der Waals surface area contributed by atoms with E-state index in [2.05, 4.69) is 28.7 Å². The van der Waals surface area contributed by atoms with E-state index in [-0.39, 0.29) is 5.92 Å². The number of aromatic nitrogens is 2. The summed E-state index contributed by atoms with van der Waals surface area (Å²) in [6.45, 7) is 11.4. The summed E-state index contributed by atoms with van der Waals surface area (Å²) in [5.74, 6) is 2.25. The van der Waals surface area contributed by atoms with Gasteiger partial charge in [-0.25, -0.2) is 9.97 Å². The zero-order valence-corrected chi connectivity index (χ0v) is 14.3. The number of hydrogen-bond donors (Lipinski definition) is 0. The van der Waals surface area contributed by atoms with Crippen molar-refractivity contribution in [3.8, 4) is 0 Å². The number of nitrogens with zero attached hydrogens (tertiary/aromatic N) is 4. The number of unbranched alkanes of at least 4 members (excludes halogenated alkanes) is 1. The molecule has 22 heavy (non-hydrogen) atoms. The highest BCUT2D eigenvalue weighted by atomic mass is 16.2. The molecule has 0 radical (unpaired) electrons. The van der Waals surface area contributed by atoms with Crippen LogP contribution in [0.3, 0.4) is 0 Å². The molecule has 0 N–H and O–H groups in total. The lowest BCUT2D eigenvalue weighted by Crippen LogP contribution is -2.50. The molecule has 5 nitrogen and oxygen atoms in total. The Kier molecular flexibility index (Phi) is 5.75. The number of piperazine rings is 1. The molecule has 1 atom stereocenters. The van der Waals surface area contributed by atoms with E-state index in [1.165, 1.54) is 0 Å². The average molecular weight is 304 g/mol. The summed E-state index contributed by atoms with van der Waals surface area (Å²) < 4.78 is 0. The van der Waals surface area contributed by atoms with Crippen LogP contribution >= 0.6 is 0 Å². The van der Waals surface area contributed by atoms with Crippen LogP contribution in [-0.2, 0) is 4.79 Å². The predicted molar refractivity (Wildman–Crippen MR) is 89.0 cm³/mol. The van der Waals surface area contributed by atoms with Gasteiger partial charge in [0.05, 0.1) is 0 Å². The molecule has 2 rings (SSSR count). The summed E-state index contributed by atoms with van der Waals surface area (Å²) in [4.78, 5) is 25.5. The molecule has 1 aromatic rings. The van der Waals surface area contributed by atoms with Crippen molar-refractivity contribution in [2.24, 2.45) is 5.92 Å². The fraction of sp³-hybridized carbons (Fsp3) is 0.706. The largest absolute Gasteiger partial charge is 0.353 e. The Morgan fingerprint density at radius 3 is 2.50 bits per heavy atom. The molecule has 0 aliphatic carbocycles. The lowest BCUT2D eigenvalue weighted by atomic mass is 10.0. The van der Waals surface area contributed by atoms with Crippen molar-refractivity contribution in [2.75, 3.05) is 31.1 Å². The van der Waals surface area contributed by atoms with Crippen molar-refractivity contribution in [2.45, 2.75) is 47.0 Å². The number of hydrogen-bond acceptors (Lipinski definition) is 4. The van der Waals surface area contributed by atoms with E-state index in [1.807, 2.05) is 24.8 Å². The number of aryl methyl sites for hydroxylation is 2. The molecule has 1 aliphatic rings. The molecule has 0 aromatic carbocycles. The molecule has 0 unspecified atom stereocenters. The third kappa shape index (κ3) is 4.18. The predicted octanol–water partition coefficient (Wildman–Crippen LogP) is 2.57. The molecule has 1 amide bonds. The van der Waals surface area contributed by atoms with E-state index < -0.39 is 0 Å². The Balaban J connectivity index is 1.91. The minimum Gasteiger partial charge on any atom is -0.353 e. The minimum atomic E-state index is 0.148. The molecule has 1 fully saturated rings. The minimum absolute atomic E-state index is 0.148. The summed E-state index contributed by atoms with van der Waals surface area (Å²) in [6, 6.07) is 2.02. The third-order valence-electron chi connectivity index (χ3n) is 4.28. The molecule has 2 heterocycles. The highest BCUT2D eigenvalue weighted by Crippen LogP contribution is 2.17. The van der Waals surface area contributed by atoms with Gasteiger partial charge in [-0.15, -0.1) is 0 Å². The average Bonchev–Trinajstić information content (AvgIpc) is 2.51. The Hall–Kier alpha value is -1.65. The van der Waals surface area contributed by atoms with Gasteiger partial charge in [0.1, 0.15) is 11.6 Å². The molecular formula is C17H28N4O. The van der Waals surface area contributed by atoms with Gasteiger partial charge in [-0.3, -0.25) is 4.79 Å². The van der Waals surface area contributed by atoms with Crippen molar-refractivity contribution in [3.63, 3.8) is 0 Å². The van der Waals surface area contributed by atoms with Crippen molar-refractivity contribution in [1.29, 1.82) is 0 Å². The molecular weight excluding hydrogens is 276 g/mol. The van der Waals surface area contributed by atoms with Crippen LogP contribution in [0.15, 0.2) is 6.07 Å². The van der Waals surface area contributed by atoms with Crippen molar-refractivity contribution >= 4 is 11.7 Å². The van der Waals surface area contributed by atoms with Crippen LogP contribution in [-0.4, -0.2) is 47.0 Å². The maximum absolute atomic E-state index is 12.4. The first-order chi connectivity index (χ1) is 10.5. The van der Waals surface area contributed by atoms with Crippen LogP contribution in [0.2, 0.25) is 0 Å². The van der Waals surface area contributed by atoms with E-state index >= 15 is 0 Å². The fourth-order valence-electron chi connectivity index (χ4n) is 2.96. The second-order valence-corrected chi connectivity index (χ2v) is 6.27. The van der Waals surface area contributed by atoms with E-state index in [9.17, 15) is 4.79 Å². The molecule has 5 heteroatoms. The maximum atomic E-state index is 12.4. The van der Waals surface area contributed by atoms with E-state index in [1.54, 1.807) is 0 Å². The second kappa shape index (κ2) is 7.56. The van der Waals surface area contributed by atoms with Crippen LogP contribution in [0.25, 0.3) is 0 Å². The lowest BCUT2D eigenvalue weighted by Gasteiger charge is -2.36. The molecule has 0 bridgehead atoms. The summed E-state index contributed by atoms with van der Waals surface area (Å²) in [5.41, 5.74) is 0.995. The highest BCUT2D eigenvalue weighted by Gasteiger charge is 2.25. The van der Waals surface area contributed by atoms with E-state index in [0.29, 0.717) is 5.91 Å². The van der Waals surface area contributed by atoms with E-state index in [0.717, 1.165) is 62.8 Å². The zero-order valence-electron chi connectivity index (χ0n) is 14.3. The Morgan fingerprint density at radius 2 is 1.91 bits per heavy atom. The number of carbonyl (C=O) groups is 1. The Morgan fingerprint density at radius 1 is 1.23 bits per heavy atom. The van der Waals surface area contributed by atoms with Gasteiger partial charge in [-0.05, 0) is 20.3 Å².